The summed E-state index contributed by atoms with van der Waals surface area (Å²) in [6.07, 6.45) is 4.51. The van der Waals surface area contributed by atoms with E-state index in [2.05, 4.69) is 34.0 Å². The zero-order chi connectivity index (χ0) is 18.6. The lowest BCUT2D eigenvalue weighted by Crippen LogP contribution is -2.53. The van der Waals surface area contributed by atoms with Gasteiger partial charge in [0.25, 0.3) is 5.56 Å². The van der Waals surface area contributed by atoms with Crippen LogP contribution in [0.2, 0.25) is 0 Å². The number of aromatic amines is 1. The van der Waals surface area contributed by atoms with E-state index in [1.165, 1.54) is 19.3 Å². The number of carbonyl (C=O) groups excluding carboxylic acids is 1. The molecule has 2 heterocycles. The molecule has 0 radical (unpaired) electrons. The van der Waals surface area contributed by atoms with Gasteiger partial charge < -0.3 is 10.3 Å². The van der Waals surface area contributed by atoms with Gasteiger partial charge in [0.1, 0.15) is 5.82 Å². The first-order valence-corrected chi connectivity index (χ1v) is 9.45. The van der Waals surface area contributed by atoms with Crippen LogP contribution in [0.4, 0.5) is 0 Å². The molecule has 0 spiro atoms. The molecule has 6 heteroatoms. The summed E-state index contributed by atoms with van der Waals surface area (Å²) in [5.41, 5.74) is 0.473. The number of carbonyl (C=O) groups is 1. The molecule has 0 saturated carbocycles. The lowest BCUT2D eigenvalue weighted by atomic mass is 9.98. The Bertz CT molecular complexity index is 822. The number of hydrogen-bond donors (Lipinski definition) is 2. The summed E-state index contributed by atoms with van der Waals surface area (Å²) in [6, 6.07) is 7.24. The third kappa shape index (κ3) is 4.49. The number of amides is 1. The van der Waals surface area contributed by atoms with E-state index in [4.69, 9.17) is 0 Å². The molecule has 0 bridgehead atoms. The molecule has 1 aliphatic heterocycles. The zero-order valence-corrected chi connectivity index (χ0v) is 15.7. The first-order valence-electron chi connectivity index (χ1n) is 9.45. The van der Waals surface area contributed by atoms with E-state index >= 15 is 0 Å². The maximum atomic E-state index is 12.2. The monoisotopic (exact) mass is 356 g/mol. The van der Waals surface area contributed by atoms with E-state index in [9.17, 15) is 9.59 Å². The van der Waals surface area contributed by atoms with E-state index in [1.807, 2.05) is 18.2 Å². The van der Waals surface area contributed by atoms with Crippen molar-refractivity contribution in [1.82, 2.24) is 20.2 Å². The van der Waals surface area contributed by atoms with Crippen LogP contribution < -0.4 is 10.9 Å². The molecule has 1 aromatic carbocycles. The van der Waals surface area contributed by atoms with Crippen molar-refractivity contribution in [3.8, 4) is 0 Å². The van der Waals surface area contributed by atoms with Crippen LogP contribution >= 0.6 is 0 Å². The Hall–Kier alpha value is -2.21. The second-order valence-corrected chi connectivity index (χ2v) is 7.67. The first-order chi connectivity index (χ1) is 12.5. The molecule has 0 unspecified atom stereocenters. The number of nitrogens with one attached hydrogen (secondary N) is 2. The summed E-state index contributed by atoms with van der Waals surface area (Å²) in [7, 11) is 0. The first kappa shape index (κ1) is 18.6. The normalized spacial score (nSPS) is 15.9. The molecule has 26 heavy (non-hydrogen) atoms. The molecular formula is C20H28N4O2. The summed E-state index contributed by atoms with van der Waals surface area (Å²) < 4.78 is 0. The van der Waals surface area contributed by atoms with E-state index in [1.54, 1.807) is 6.07 Å². The van der Waals surface area contributed by atoms with Crippen LogP contribution in [0.3, 0.4) is 0 Å². The number of piperidine rings is 1. The molecule has 1 amide bonds. The van der Waals surface area contributed by atoms with Gasteiger partial charge in [-0.05, 0) is 51.9 Å². The summed E-state index contributed by atoms with van der Waals surface area (Å²) in [5.74, 6) is 0.546. The SMILES string of the molecule is CC(C)(CNC(=O)CCc1nc2ccccc2c(=O)[nH]1)N1CCCCC1. The second kappa shape index (κ2) is 7.99. The van der Waals surface area contributed by atoms with E-state index in [-0.39, 0.29) is 17.0 Å². The van der Waals surface area contributed by atoms with Gasteiger partial charge in [-0.3, -0.25) is 14.5 Å². The minimum atomic E-state index is -0.155. The third-order valence-electron chi connectivity index (χ3n) is 5.18. The van der Waals surface area contributed by atoms with Gasteiger partial charge in [0.05, 0.1) is 10.9 Å². The Kier molecular flexibility index (Phi) is 5.71. The zero-order valence-electron chi connectivity index (χ0n) is 15.7. The van der Waals surface area contributed by atoms with Gasteiger partial charge in [-0.2, -0.15) is 0 Å². The van der Waals surface area contributed by atoms with E-state index in [0.717, 1.165) is 13.1 Å². The molecule has 0 atom stereocenters. The highest BCUT2D eigenvalue weighted by molar-refractivity contribution is 5.78. The van der Waals surface area contributed by atoms with Crippen molar-refractivity contribution in [3.05, 3.63) is 40.4 Å². The molecule has 1 aromatic heterocycles. The third-order valence-corrected chi connectivity index (χ3v) is 5.18. The van der Waals surface area contributed by atoms with Crippen molar-refractivity contribution in [2.45, 2.75) is 51.5 Å². The fourth-order valence-corrected chi connectivity index (χ4v) is 3.50. The standard InChI is InChI=1S/C20H28N4O2/c1-20(2,24-12-6-3-7-13-24)14-21-18(25)11-10-17-22-16-9-5-4-8-15(16)19(26)23-17/h4-5,8-9H,3,6-7,10-14H2,1-2H3,(H,21,25)(H,22,23,26). The van der Waals surface area contributed by atoms with Crippen LogP contribution in [0.25, 0.3) is 10.9 Å². The summed E-state index contributed by atoms with van der Waals surface area (Å²) in [5, 5.41) is 3.62. The smallest absolute Gasteiger partial charge is 0.258 e. The molecule has 1 aliphatic rings. The number of nitrogens with zero attached hydrogens (tertiary/aromatic N) is 2. The van der Waals surface area contributed by atoms with E-state index in [0.29, 0.717) is 36.1 Å². The van der Waals surface area contributed by atoms with Crippen molar-refractivity contribution in [2.24, 2.45) is 0 Å². The number of hydrogen-bond acceptors (Lipinski definition) is 4. The van der Waals surface area contributed by atoms with Gasteiger partial charge >= 0.3 is 0 Å². The fraction of sp³-hybridized carbons (Fsp3) is 0.550. The summed E-state index contributed by atoms with van der Waals surface area (Å²) in [4.78, 5) is 34.0. The van der Waals surface area contributed by atoms with E-state index < -0.39 is 0 Å². The lowest BCUT2D eigenvalue weighted by Gasteiger charge is -2.41. The van der Waals surface area contributed by atoms with Crippen molar-refractivity contribution >= 4 is 16.8 Å². The van der Waals surface area contributed by atoms with Crippen molar-refractivity contribution < 1.29 is 4.79 Å². The molecule has 2 aromatic rings. The van der Waals surface area contributed by atoms with Gasteiger partial charge in [0.2, 0.25) is 5.91 Å². The Morgan fingerprint density at radius 1 is 1.23 bits per heavy atom. The number of aromatic nitrogens is 2. The molecule has 1 fully saturated rings. The van der Waals surface area contributed by atoms with Crippen molar-refractivity contribution in [2.75, 3.05) is 19.6 Å². The Labute approximate surface area is 154 Å². The quantitative estimate of drug-likeness (QED) is 0.832. The van der Waals surface area contributed by atoms with Crippen LogP contribution in [0.5, 0.6) is 0 Å². The van der Waals surface area contributed by atoms with Crippen LogP contribution in [-0.2, 0) is 11.2 Å². The number of benzene rings is 1. The highest BCUT2D eigenvalue weighted by Crippen LogP contribution is 2.19. The van der Waals surface area contributed by atoms with Crippen molar-refractivity contribution in [3.63, 3.8) is 0 Å². The average molecular weight is 356 g/mol. The molecule has 0 aliphatic carbocycles. The topological polar surface area (TPSA) is 78.1 Å². The number of H-pyrrole nitrogens is 1. The fourth-order valence-electron chi connectivity index (χ4n) is 3.50. The van der Waals surface area contributed by atoms with Crippen LogP contribution in [-0.4, -0.2) is 45.9 Å². The molecule has 140 valence electrons. The number of fused-ring (bicyclic) bond motifs is 1. The molecule has 6 nitrogen and oxygen atoms in total. The lowest BCUT2D eigenvalue weighted by molar-refractivity contribution is -0.121. The number of rotatable bonds is 6. The van der Waals surface area contributed by atoms with Crippen LogP contribution in [0.15, 0.2) is 29.1 Å². The van der Waals surface area contributed by atoms with Gasteiger partial charge in [-0.15, -0.1) is 0 Å². The largest absolute Gasteiger partial charge is 0.354 e. The average Bonchev–Trinajstić information content (AvgIpc) is 2.65. The van der Waals surface area contributed by atoms with Gasteiger partial charge in [0, 0.05) is 24.9 Å². The maximum Gasteiger partial charge on any atom is 0.258 e. The van der Waals surface area contributed by atoms with Crippen LogP contribution in [0, 0.1) is 0 Å². The maximum absolute atomic E-state index is 12.2. The van der Waals surface area contributed by atoms with Gasteiger partial charge in [0.15, 0.2) is 0 Å². The number of aryl methyl sites for hydroxylation is 1. The Morgan fingerprint density at radius 2 is 1.96 bits per heavy atom. The van der Waals surface area contributed by atoms with Gasteiger partial charge in [-0.1, -0.05) is 18.6 Å². The molecule has 1 saturated heterocycles. The van der Waals surface area contributed by atoms with Crippen molar-refractivity contribution in [1.29, 1.82) is 0 Å². The predicted octanol–water partition coefficient (Wildman–Crippen LogP) is 2.24. The Balaban J connectivity index is 1.53. The Morgan fingerprint density at radius 3 is 2.73 bits per heavy atom. The number of likely N-dealkylation sites (tertiary alicyclic amines) is 1. The highest BCUT2D eigenvalue weighted by Gasteiger charge is 2.28. The summed E-state index contributed by atoms with van der Waals surface area (Å²) >= 11 is 0. The minimum absolute atomic E-state index is 0.00843. The molecular weight excluding hydrogens is 328 g/mol. The molecule has 3 rings (SSSR count). The van der Waals surface area contributed by atoms with Crippen LogP contribution in [0.1, 0.15) is 45.4 Å². The predicted molar refractivity (Wildman–Crippen MR) is 103 cm³/mol. The highest BCUT2D eigenvalue weighted by atomic mass is 16.1. The summed E-state index contributed by atoms with van der Waals surface area (Å²) in [6.45, 7) is 7.20. The minimum Gasteiger partial charge on any atom is -0.354 e. The number of para-hydroxylation sites is 1. The van der Waals surface area contributed by atoms with Gasteiger partial charge in [-0.25, -0.2) is 4.98 Å². The second-order valence-electron chi connectivity index (χ2n) is 7.67. The molecule has 2 N–H and O–H groups in total.